The standard InChI is InChI=1S/C15H21FN2O/c1-3-17-14-4-6-18(7-5-14)15(19)12-8-11(2)9-13(16)10-12/h8-10,14,17H,3-7H2,1-2H3. The molecule has 0 unspecified atom stereocenters. The van der Waals surface area contributed by atoms with Gasteiger partial charge in [-0.15, -0.1) is 0 Å². The average molecular weight is 264 g/mol. The van der Waals surface area contributed by atoms with Crippen LogP contribution in [0.25, 0.3) is 0 Å². The number of rotatable bonds is 3. The normalized spacial score (nSPS) is 16.7. The lowest BCUT2D eigenvalue weighted by Gasteiger charge is -2.32. The fourth-order valence-corrected chi connectivity index (χ4v) is 2.62. The minimum Gasteiger partial charge on any atom is -0.339 e. The summed E-state index contributed by atoms with van der Waals surface area (Å²) in [4.78, 5) is 14.1. The first-order valence-electron chi connectivity index (χ1n) is 6.90. The molecule has 1 aromatic rings. The number of halogens is 1. The van der Waals surface area contributed by atoms with Crippen LogP contribution in [0.15, 0.2) is 18.2 Å². The van der Waals surface area contributed by atoms with E-state index in [0.717, 1.165) is 38.0 Å². The Balaban J connectivity index is 2.01. The van der Waals surface area contributed by atoms with Gasteiger partial charge in [0.05, 0.1) is 0 Å². The van der Waals surface area contributed by atoms with Gasteiger partial charge in [0.25, 0.3) is 5.91 Å². The molecule has 0 bridgehead atoms. The summed E-state index contributed by atoms with van der Waals surface area (Å²) in [5.41, 5.74) is 1.24. The van der Waals surface area contributed by atoms with Crippen molar-refractivity contribution in [3.8, 4) is 0 Å². The van der Waals surface area contributed by atoms with Gasteiger partial charge in [0, 0.05) is 24.7 Å². The van der Waals surface area contributed by atoms with Crippen molar-refractivity contribution < 1.29 is 9.18 Å². The predicted octanol–water partition coefficient (Wildman–Crippen LogP) is 2.35. The van der Waals surface area contributed by atoms with Crippen LogP contribution in [0.3, 0.4) is 0 Å². The Morgan fingerprint density at radius 1 is 1.37 bits per heavy atom. The van der Waals surface area contributed by atoms with E-state index in [-0.39, 0.29) is 11.7 Å². The molecule has 1 aliphatic rings. The fourth-order valence-electron chi connectivity index (χ4n) is 2.62. The summed E-state index contributed by atoms with van der Waals surface area (Å²) >= 11 is 0. The molecule has 19 heavy (non-hydrogen) atoms. The van der Waals surface area contributed by atoms with Crippen LogP contribution < -0.4 is 5.32 Å². The first-order valence-corrected chi connectivity index (χ1v) is 6.90. The van der Waals surface area contributed by atoms with Crippen molar-refractivity contribution in [2.75, 3.05) is 19.6 Å². The number of amides is 1. The van der Waals surface area contributed by atoms with E-state index >= 15 is 0 Å². The summed E-state index contributed by atoms with van der Waals surface area (Å²) in [6, 6.07) is 5.02. The molecule has 0 spiro atoms. The van der Waals surface area contributed by atoms with Crippen LogP contribution in [0.1, 0.15) is 35.7 Å². The molecule has 1 fully saturated rings. The summed E-state index contributed by atoms with van der Waals surface area (Å²) < 4.78 is 13.3. The average Bonchev–Trinajstić information content (AvgIpc) is 2.38. The Hall–Kier alpha value is -1.42. The highest BCUT2D eigenvalue weighted by molar-refractivity contribution is 5.94. The van der Waals surface area contributed by atoms with Crippen LogP contribution >= 0.6 is 0 Å². The van der Waals surface area contributed by atoms with Gasteiger partial charge in [0.1, 0.15) is 5.82 Å². The Bertz CT molecular complexity index is 433. The molecule has 0 radical (unpaired) electrons. The third-order valence-corrected chi connectivity index (χ3v) is 3.56. The monoisotopic (exact) mass is 264 g/mol. The lowest BCUT2D eigenvalue weighted by Crippen LogP contribution is -2.44. The molecular weight excluding hydrogens is 243 g/mol. The Morgan fingerprint density at radius 3 is 2.63 bits per heavy atom. The van der Waals surface area contributed by atoms with Crippen LogP contribution in [0.5, 0.6) is 0 Å². The third-order valence-electron chi connectivity index (χ3n) is 3.56. The molecule has 3 nitrogen and oxygen atoms in total. The number of hydrogen-bond donors (Lipinski definition) is 1. The quantitative estimate of drug-likeness (QED) is 0.909. The van der Waals surface area contributed by atoms with Gasteiger partial charge < -0.3 is 10.2 Å². The smallest absolute Gasteiger partial charge is 0.253 e. The summed E-state index contributed by atoms with van der Waals surface area (Å²) in [5, 5.41) is 3.40. The maximum absolute atomic E-state index is 13.3. The first-order chi connectivity index (χ1) is 9.10. The Morgan fingerprint density at radius 2 is 2.05 bits per heavy atom. The summed E-state index contributed by atoms with van der Waals surface area (Å²) in [6.07, 6.45) is 1.93. The Labute approximate surface area is 113 Å². The van der Waals surface area contributed by atoms with E-state index in [0.29, 0.717) is 11.6 Å². The Kier molecular flexibility index (Phi) is 4.53. The molecule has 1 N–H and O–H groups in total. The molecule has 1 heterocycles. The number of benzene rings is 1. The summed E-state index contributed by atoms with van der Waals surface area (Å²) in [6.45, 7) is 6.34. The number of carbonyl (C=O) groups is 1. The molecule has 0 aliphatic carbocycles. The van der Waals surface area contributed by atoms with E-state index in [2.05, 4.69) is 12.2 Å². The van der Waals surface area contributed by atoms with Gasteiger partial charge in [-0.2, -0.15) is 0 Å². The molecule has 104 valence electrons. The number of carbonyl (C=O) groups excluding carboxylic acids is 1. The molecule has 0 atom stereocenters. The van der Waals surface area contributed by atoms with Gasteiger partial charge in [-0.3, -0.25) is 4.79 Å². The summed E-state index contributed by atoms with van der Waals surface area (Å²) in [5.74, 6) is -0.400. The second-order valence-electron chi connectivity index (χ2n) is 5.14. The highest BCUT2D eigenvalue weighted by Gasteiger charge is 2.23. The van der Waals surface area contributed by atoms with Crippen LogP contribution in [0.4, 0.5) is 4.39 Å². The van der Waals surface area contributed by atoms with Crippen molar-refractivity contribution in [3.63, 3.8) is 0 Å². The van der Waals surface area contributed by atoms with Crippen LogP contribution in [0.2, 0.25) is 0 Å². The molecule has 4 heteroatoms. The van der Waals surface area contributed by atoms with Crippen molar-refractivity contribution in [1.82, 2.24) is 10.2 Å². The first kappa shape index (κ1) is 14.0. The zero-order valence-corrected chi connectivity index (χ0v) is 11.6. The topological polar surface area (TPSA) is 32.3 Å². The van der Waals surface area contributed by atoms with Gasteiger partial charge in [-0.1, -0.05) is 6.92 Å². The van der Waals surface area contributed by atoms with Gasteiger partial charge in [0.2, 0.25) is 0 Å². The molecule has 1 saturated heterocycles. The molecule has 0 aromatic heterocycles. The van der Waals surface area contributed by atoms with E-state index in [1.165, 1.54) is 12.1 Å². The molecule has 2 rings (SSSR count). The minimum absolute atomic E-state index is 0.0578. The predicted molar refractivity (Wildman–Crippen MR) is 73.7 cm³/mol. The van der Waals surface area contributed by atoms with Crippen molar-refractivity contribution in [2.24, 2.45) is 0 Å². The third kappa shape index (κ3) is 3.53. The second kappa shape index (κ2) is 6.15. The highest BCUT2D eigenvalue weighted by Crippen LogP contribution is 2.16. The van der Waals surface area contributed by atoms with Crippen molar-refractivity contribution in [2.45, 2.75) is 32.7 Å². The largest absolute Gasteiger partial charge is 0.339 e. The number of piperidine rings is 1. The van der Waals surface area contributed by atoms with Gasteiger partial charge >= 0.3 is 0 Å². The lowest BCUT2D eigenvalue weighted by atomic mass is 10.0. The number of likely N-dealkylation sites (tertiary alicyclic amines) is 1. The molecule has 1 aliphatic heterocycles. The van der Waals surface area contributed by atoms with Crippen molar-refractivity contribution in [3.05, 3.63) is 35.1 Å². The van der Waals surface area contributed by atoms with Gasteiger partial charge in [-0.05, 0) is 50.1 Å². The van der Waals surface area contributed by atoms with E-state index < -0.39 is 0 Å². The fraction of sp³-hybridized carbons (Fsp3) is 0.533. The second-order valence-corrected chi connectivity index (χ2v) is 5.14. The molecular formula is C15H21FN2O. The van der Waals surface area contributed by atoms with Crippen LogP contribution in [0, 0.1) is 12.7 Å². The zero-order valence-electron chi connectivity index (χ0n) is 11.6. The maximum atomic E-state index is 13.3. The van der Waals surface area contributed by atoms with Crippen molar-refractivity contribution >= 4 is 5.91 Å². The SMILES string of the molecule is CCNC1CCN(C(=O)c2cc(C)cc(F)c2)CC1. The zero-order chi connectivity index (χ0) is 13.8. The minimum atomic E-state index is -0.342. The molecule has 1 amide bonds. The van der Waals surface area contributed by atoms with E-state index in [4.69, 9.17) is 0 Å². The lowest BCUT2D eigenvalue weighted by molar-refractivity contribution is 0.0705. The van der Waals surface area contributed by atoms with E-state index in [1.807, 2.05) is 4.90 Å². The number of hydrogen-bond acceptors (Lipinski definition) is 2. The van der Waals surface area contributed by atoms with Gasteiger partial charge in [-0.25, -0.2) is 4.39 Å². The van der Waals surface area contributed by atoms with E-state index in [1.54, 1.807) is 13.0 Å². The van der Waals surface area contributed by atoms with Crippen LogP contribution in [-0.2, 0) is 0 Å². The maximum Gasteiger partial charge on any atom is 0.253 e. The molecule has 1 aromatic carbocycles. The van der Waals surface area contributed by atoms with E-state index in [9.17, 15) is 9.18 Å². The highest BCUT2D eigenvalue weighted by atomic mass is 19.1. The number of nitrogens with one attached hydrogen (secondary N) is 1. The number of nitrogens with zero attached hydrogens (tertiary/aromatic N) is 1. The number of aryl methyl sites for hydroxylation is 1. The summed E-state index contributed by atoms with van der Waals surface area (Å²) in [7, 11) is 0. The van der Waals surface area contributed by atoms with Gasteiger partial charge in [0.15, 0.2) is 0 Å². The van der Waals surface area contributed by atoms with Crippen molar-refractivity contribution in [1.29, 1.82) is 0 Å². The van der Waals surface area contributed by atoms with Crippen LogP contribution in [-0.4, -0.2) is 36.5 Å². The molecule has 0 saturated carbocycles.